The Balaban J connectivity index is 2.92. The highest BCUT2D eigenvalue weighted by Gasteiger charge is 2.20. The summed E-state index contributed by atoms with van der Waals surface area (Å²) in [6, 6.07) is 3.19. The first-order chi connectivity index (χ1) is 8.49. The zero-order valence-corrected chi connectivity index (χ0v) is 11.9. The molecule has 4 nitrogen and oxygen atoms in total. The summed E-state index contributed by atoms with van der Waals surface area (Å²) in [6.07, 6.45) is 1.03. The molecular formula is C13H20ClN3O. The summed E-state index contributed by atoms with van der Waals surface area (Å²) >= 11 is 6.00. The molecule has 1 heterocycles. The van der Waals surface area contributed by atoms with Gasteiger partial charge in [-0.1, -0.05) is 31.9 Å². The van der Waals surface area contributed by atoms with E-state index >= 15 is 0 Å². The number of anilines is 1. The van der Waals surface area contributed by atoms with E-state index in [1.165, 1.54) is 0 Å². The Bertz CT molecular complexity index is 423. The van der Waals surface area contributed by atoms with Crippen LogP contribution in [0.15, 0.2) is 12.1 Å². The molecule has 1 aromatic rings. The molecule has 0 aliphatic carbocycles. The maximum Gasteiger partial charge on any atom is 0.274 e. The number of nitrogen functional groups attached to an aromatic ring is 1. The Morgan fingerprint density at radius 3 is 2.72 bits per heavy atom. The number of pyridine rings is 1. The Hall–Kier alpha value is -1.29. The van der Waals surface area contributed by atoms with E-state index in [-0.39, 0.29) is 11.6 Å². The van der Waals surface area contributed by atoms with Gasteiger partial charge in [-0.15, -0.1) is 0 Å². The standard InChI is InChI=1S/C13H20ClN3O/c1-4-9(3)8-17(5-2)13(18)12-10(14)6-7-11(15)16-12/h6-7,9H,4-5,8H2,1-3H3,(H2,15,16). The molecule has 18 heavy (non-hydrogen) atoms. The van der Waals surface area contributed by atoms with Gasteiger partial charge in [-0.05, 0) is 25.0 Å². The van der Waals surface area contributed by atoms with E-state index in [9.17, 15) is 4.79 Å². The fourth-order valence-electron chi connectivity index (χ4n) is 1.62. The molecule has 100 valence electrons. The molecule has 1 rings (SSSR count). The largest absolute Gasteiger partial charge is 0.384 e. The molecular weight excluding hydrogens is 250 g/mol. The van der Waals surface area contributed by atoms with Gasteiger partial charge in [0.25, 0.3) is 5.91 Å². The predicted octanol–water partition coefficient (Wildman–Crippen LogP) is 2.83. The highest BCUT2D eigenvalue weighted by molar-refractivity contribution is 6.33. The Morgan fingerprint density at radius 1 is 1.50 bits per heavy atom. The minimum atomic E-state index is -0.157. The third kappa shape index (κ3) is 3.60. The lowest BCUT2D eigenvalue weighted by Gasteiger charge is -2.24. The summed E-state index contributed by atoms with van der Waals surface area (Å²) in [5, 5.41) is 0.344. The fraction of sp³-hybridized carbons (Fsp3) is 0.538. The van der Waals surface area contributed by atoms with Gasteiger partial charge >= 0.3 is 0 Å². The third-order valence-corrected chi connectivity index (χ3v) is 3.27. The molecule has 1 unspecified atom stereocenters. The molecule has 0 fully saturated rings. The molecule has 0 radical (unpaired) electrons. The molecule has 5 heteroatoms. The van der Waals surface area contributed by atoms with Crippen LogP contribution >= 0.6 is 11.6 Å². The number of nitrogens with two attached hydrogens (primary N) is 1. The molecule has 1 atom stereocenters. The number of hydrogen-bond donors (Lipinski definition) is 1. The average Bonchev–Trinajstić information content (AvgIpc) is 2.37. The molecule has 2 N–H and O–H groups in total. The topological polar surface area (TPSA) is 59.2 Å². The summed E-state index contributed by atoms with van der Waals surface area (Å²) in [5.41, 5.74) is 5.83. The van der Waals surface area contributed by atoms with Crippen LogP contribution in [0.2, 0.25) is 5.02 Å². The lowest BCUT2D eigenvalue weighted by atomic mass is 10.1. The SMILES string of the molecule is CCC(C)CN(CC)C(=O)c1nc(N)ccc1Cl. The second kappa shape index (κ2) is 6.59. The number of carbonyl (C=O) groups is 1. The van der Waals surface area contributed by atoms with Crippen molar-refractivity contribution in [3.63, 3.8) is 0 Å². The monoisotopic (exact) mass is 269 g/mol. The van der Waals surface area contributed by atoms with Crippen LogP contribution in [0.4, 0.5) is 5.82 Å². The number of nitrogens with zero attached hydrogens (tertiary/aromatic N) is 2. The van der Waals surface area contributed by atoms with Gasteiger partial charge in [0.1, 0.15) is 11.5 Å². The first kappa shape index (κ1) is 14.8. The zero-order chi connectivity index (χ0) is 13.7. The van der Waals surface area contributed by atoms with Crippen molar-refractivity contribution < 1.29 is 4.79 Å². The van der Waals surface area contributed by atoms with Crippen LogP contribution in [0, 0.1) is 5.92 Å². The summed E-state index contributed by atoms with van der Waals surface area (Å²) in [7, 11) is 0. The van der Waals surface area contributed by atoms with Crippen LogP contribution in [0.1, 0.15) is 37.7 Å². The molecule has 1 aromatic heterocycles. The first-order valence-corrected chi connectivity index (χ1v) is 6.58. The summed E-state index contributed by atoms with van der Waals surface area (Å²) in [4.78, 5) is 18.1. The van der Waals surface area contributed by atoms with E-state index in [4.69, 9.17) is 17.3 Å². The van der Waals surface area contributed by atoms with Gasteiger partial charge < -0.3 is 10.6 Å². The summed E-state index contributed by atoms with van der Waals surface area (Å²) in [5.74, 6) is 0.603. The van der Waals surface area contributed by atoms with Gasteiger partial charge in [0.15, 0.2) is 0 Å². The van der Waals surface area contributed by atoms with Crippen molar-refractivity contribution in [3.8, 4) is 0 Å². The molecule has 0 aliphatic rings. The van der Waals surface area contributed by atoms with Crippen LogP contribution < -0.4 is 5.73 Å². The van der Waals surface area contributed by atoms with Gasteiger partial charge in [-0.2, -0.15) is 0 Å². The predicted molar refractivity (Wildman–Crippen MR) is 74.7 cm³/mol. The lowest BCUT2D eigenvalue weighted by Crippen LogP contribution is -2.35. The van der Waals surface area contributed by atoms with Crippen LogP contribution in [0.25, 0.3) is 0 Å². The Kier molecular flexibility index (Phi) is 5.41. The Labute approximate surface area is 113 Å². The number of carbonyl (C=O) groups excluding carboxylic acids is 1. The maximum atomic E-state index is 12.3. The molecule has 0 spiro atoms. The van der Waals surface area contributed by atoms with Crippen molar-refractivity contribution in [2.75, 3.05) is 18.8 Å². The van der Waals surface area contributed by atoms with Crippen LogP contribution in [0.3, 0.4) is 0 Å². The van der Waals surface area contributed by atoms with E-state index in [1.54, 1.807) is 17.0 Å². The number of rotatable bonds is 5. The second-order valence-corrected chi connectivity index (χ2v) is 4.83. The Morgan fingerprint density at radius 2 is 2.17 bits per heavy atom. The van der Waals surface area contributed by atoms with Gasteiger partial charge in [-0.25, -0.2) is 4.98 Å². The van der Waals surface area contributed by atoms with Crippen molar-refractivity contribution in [1.82, 2.24) is 9.88 Å². The summed E-state index contributed by atoms with van der Waals surface area (Å²) < 4.78 is 0. The average molecular weight is 270 g/mol. The van der Waals surface area contributed by atoms with Crippen LogP contribution in [-0.4, -0.2) is 28.9 Å². The molecule has 0 bridgehead atoms. The van der Waals surface area contributed by atoms with Crippen molar-refractivity contribution in [1.29, 1.82) is 0 Å². The van der Waals surface area contributed by atoms with Crippen LogP contribution in [-0.2, 0) is 0 Å². The number of amides is 1. The van der Waals surface area contributed by atoms with Gasteiger partial charge in [0, 0.05) is 13.1 Å². The minimum Gasteiger partial charge on any atom is -0.384 e. The highest BCUT2D eigenvalue weighted by Crippen LogP contribution is 2.18. The molecule has 0 aromatic carbocycles. The van der Waals surface area contributed by atoms with E-state index < -0.39 is 0 Å². The quantitative estimate of drug-likeness (QED) is 0.894. The van der Waals surface area contributed by atoms with Crippen molar-refractivity contribution in [3.05, 3.63) is 22.8 Å². The van der Waals surface area contributed by atoms with Crippen LogP contribution in [0.5, 0.6) is 0 Å². The molecule has 1 amide bonds. The summed E-state index contributed by atoms with van der Waals surface area (Å²) in [6.45, 7) is 7.51. The lowest BCUT2D eigenvalue weighted by molar-refractivity contribution is 0.0735. The van der Waals surface area contributed by atoms with E-state index in [2.05, 4.69) is 18.8 Å². The van der Waals surface area contributed by atoms with E-state index in [0.29, 0.717) is 29.8 Å². The number of halogens is 1. The van der Waals surface area contributed by atoms with Gasteiger partial charge in [0.05, 0.1) is 5.02 Å². The second-order valence-electron chi connectivity index (χ2n) is 4.42. The van der Waals surface area contributed by atoms with Gasteiger partial charge in [-0.3, -0.25) is 4.79 Å². The minimum absolute atomic E-state index is 0.157. The molecule has 0 saturated heterocycles. The fourth-order valence-corrected chi connectivity index (χ4v) is 1.80. The van der Waals surface area contributed by atoms with E-state index in [1.807, 2.05) is 6.92 Å². The number of hydrogen-bond acceptors (Lipinski definition) is 3. The van der Waals surface area contributed by atoms with Gasteiger partial charge in [0.2, 0.25) is 0 Å². The van der Waals surface area contributed by atoms with Crippen molar-refractivity contribution in [2.45, 2.75) is 27.2 Å². The van der Waals surface area contributed by atoms with Crippen molar-refractivity contribution >= 4 is 23.3 Å². The molecule has 0 aliphatic heterocycles. The first-order valence-electron chi connectivity index (χ1n) is 6.20. The smallest absolute Gasteiger partial charge is 0.274 e. The maximum absolute atomic E-state index is 12.3. The number of aromatic nitrogens is 1. The normalized spacial score (nSPS) is 12.2. The molecule has 0 saturated carbocycles. The highest BCUT2D eigenvalue weighted by atomic mass is 35.5. The van der Waals surface area contributed by atoms with E-state index in [0.717, 1.165) is 6.42 Å². The third-order valence-electron chi connectivity index (χ3n) is 2.97. The zero-order valence-electron chi connectivity index (χ0n) is 11.1. The van der Waals surface area contributed by atoms with Crippen molar-refractivity contribution in [2.24, 2.45) is 5.92 Å².